The number of fused-ring (bicyclic) bond motifs is 2. The number of aliphatic hydroxyl groups excluding tert-OH is 1. The van der Waals surface area contributed by atoms with Crippen molar-refractivity contribution in [2.45, 2.75) is 108 Å². The van der Waals surface area contributed by atoms with Gasteiger partial charge in [0.05, 0.1) is 29.8 Å². The first-order valence-electron chi connectivity index (χ1n) is 18.7. The largest absolute Gasteiger partial charge is 0.392 e. The van der Waals surface area contributed by atoms with E-state index in [9.17, 15) is 41.8 Å². The number of nitrogens with one attached hydrogen (secondary N) is 4. The van der Waals surface area contributed by atoms with Crippen molar-refractivity contribution in [3.63, 3.8) is 0 Å². The first kappa shape index (κ1) is 38.3. The van der Waals surface area contributed by atoms with E-state index in [2.05, 4.69) is 20.6 Å². The number of rotatable bonds is 5. The Balaban J connectivity index is 0.000000169. The van der Waals surface area contributed by atoms with Crippen LogP contribution in [0.4, 0.5) is 29.2 Å². The van der Waals surface area contributed by atoms with Crippen LogP contribution in [0.3, 0.4) is 0 Å². The zero-order valence-electron chi connectivity index (χ0n) is 30.3. The summed E-state index contributed by atoms with van der Waals surface area (Å²) < 4.78 is 66.0. The molecule has 0 spiro atoms. The normalized spacial score (nSPS) is 22.7. The van der Waals surface area contributed by atoms with E-state index in [1.165, 1.54) is 33.4 Å². The van der Waals surface area contributed by atoms with Gasteiger partial charge in [-0.1, -0.05) is 43.0 Å². The number of ether oxygens (including phenoxy) is 1. The van der Waals surface area contributed by atoms with Gasteiger partial charge in [0, 0.05) is 49.3 Å². The molecule has 0 unspecified atom stereocenters. The third kappa shape index (κ3) is 7.66. The molecule has 0 radical (unpaired) electrons. The fraction of sp³-hybridized carbons (Fsp3) is 0.487. The van der Waals surface area contributed by atoms with E-state index in [0.717, 1.165) is 37.7 Å². The van der Waals surface area contributed by atoms with Gasteiger partial charge in [0.2, 0.25) is 0 Å². The average molecular weight is 769 g/mol. The van der Waals surface area contributed by atoms with Gasteiger partial charge in [-0.25, -0.2) is 27.2 Å². The number of nitrogens with zero attached hydrogens (tertiary/aromatic N) is 2. The van der Waals surface area contributed by atoms with E-state index in [1.807, 2.05) is 0 Å². The Morgan fingerprint density at radius 1 is 0.709 bits per heavy atom. The Labute approximate surface area is 312 Å². The molecule has 4 aliphatic rings. The molecule has 0 amide bonds. The zero-order valence-corrected chi connectivity index (χ0v) is 30.3. The second-order valence-corrected chi connectivity index (χ2v) is 14.8. The van der Waals surface area contributed by atoms with Crippen LogP contribution in [-0.2, 0) is 24.2 Å². The van der Waals surface area contributed by atoms with Crippen molar-refractivity contribution in [3.8, 4) is 0 Å². The van der Waals surface area contributed by atoms with Gasteiger partial charge >= 0.3 is 11.4 Å². The van der Waals surface area contributed by atoms with Crippen molar-refractivity contribution >= 4 is 11.6 Å². The van der Waals surface area contributed by atoms with Crippen LogP contribution in [0.1, 0.15) is 102 Å². The Hall–Kier alpha value is -4.96. The van der Waals surface area contributed by atoms with Crippen molar-refractivity contribution in [1.82, 2.24) is 19.1 Å². The van der Waals surface area contributed by atoms with Gasteiger partial charge in [-0.05, 0) is 56.4 Å². The highest BCUT2D eigenvalue weighted by Crippen LogP contribution is 2.35. The first-order valence-corrected chi connectivity index (χ1v) is 18.7. The number of halogens is 4. The Morgan fingerprint density at radius 3 is 1.73 bits per heavy atom. The molecule has 2 aromatic carbocycles. The summed E-state index contributed by atoms with van der Waals surface area (Å²) in [6.45, 7) is 2.45. The lowest BCUT2D eigenvalue weighted by atomic mass is 9.92. The van der Waals surface area contributed by atoms with Crippen molar-refractivity contribution in [3.05, 3.63) is 123 Å². The van der Waals surface area contributed by atoms with Crippen LogP contribution in [0.5, 0.6) is 0 Å². The van der Waals surface area contributed by atoms with E-state index in [4.69, 9.17) is 4.74 Å². The Bertz CT molecular complexity index is 2290. The quantitative estimate of drug-likeness (QED) is 0.175. The van der Waals surface area contributed by atoms with Gasteiger partial charge < -0.3 is 20.5 Å². The maximum absolute atomic E-state index is 15.0. The number of hydrogen-bond acceptors (Lipinski definition) is 8. The molecule has 55 heavy (non-hydrogen) atoms. The van der Waals surface area contributed by atoms with Gasteiger partial charge in [-0.3, -0.25) is 28.7 Å². The summed E-state index contributed by atoms with van der Waals surface area (Å²) in [4.78, 5) is 56.2. The number of alkyl halides is 2. The molecule has 3 aliphatic heterocycles. The maximum Gasteiger partial charge on any atom is 0.330 e. The third-order valence-corrected chi connectivity index (χ3v) is 11.1. The van der Waals surface area contributed by atoms with E-state index >= 15 is 0 Å². The molecule has 4 aromatic rings. The third-order valence-electron chi connectivity index (χ3n) is 11.1. The fourth-order valence-electron chi connectivity index (χ4n) is 8.24. The molecule has 1 aliphatic carbocycles. The number of aryl methyl sites for hydroxylation is 1. The van der Waals surface area contributed by atoms with Crippen molar-refractivity contribution < 1.29 is 27.4 Å². The molecular formula is C39H44F4N6O6. The Kier molecular flexibility index (Phi) is 11.2. The van der Waals surface area contributed by atoms with Gasteiger partial charge in [-0.15, -0.1) is 0 Å². The lowest BCUT2D eigenvalue weighted by molar-refractivity contribution is 0.0673. The molecule has 0 bridgehead atoms. The molecule has 2 aromatic heterocycles. The van der Waals surface area contributed by atoms with E-state index < -0.39 is 58.6 Å². The van der Waals surface area contributed by atoms with E-state index in [1.54, 1.807) is 19.1 Å². The summed E-state index contributed by atoms with van der Waals surface area (Å²) in [5.74, 6) is -0.816. The van der Waals surface area contributed by atoms with Crippen LogP contribution in [0.2, 0.25) is 0 Å². The van der Waals surface area contributed by atoms with Gasteiger partial charge in [0.25, 0.3) is 11.1 Å². The molecule has 5 N–H and O–H groups in total. The summed E-state index contributed by atoms with van der Waals surface area (Å²) in [5.41, 5.74) is -0.146. The Morgan fingerprint density at radius 2 is 1.20 bits per heavy atom. The minimum absolute atomic E-state index is 0.0574. The average Bonchev–Trinajstić information content (AvgIpc) is 3.18. The zero-order chi connectivity index (χ0) is 39.0. The molecule has 16 heteroatoms. The molecule has 1 saturated carbocycles. The van der Waals surface area contributed by atoms with Crippen LogP contribution < -0.4 is 33.1 Å². The SMILES string of the molecule is Cc1ccc(F)c([C@@H]2Nc3[nH]c(=O)n(C4CCOCC4)c(=O)c3C[C@@H]2F)c1.O=c1[nH]c2c(c(=O)n1C1CCCCC1)C[C@H](F)[C@H](c1cc(CO)ccc1F)N2. The minimum Gasteiger partial charge on any atom is -0.392 e. The lowest BCUT2D eigenvalue weighted by Gasteiger charge is -2.31. The summed E-state index contributed by atoms with van der Waals surface area (Å²) in [5, 5.41) is 14.9. The highest BCUT2D eigenvalue weighted by Gasteiger charge is 2.36. The van der Waals surface area contributed by atoms with E-state index in [-0.39, 0.29) is 65.4 Å². The molecule has 4 atom stereocenters. The summed E-state index contributed by atoms with van der Waals surface area (Å²) in [6, 6.07) is 6.03. The van der Waals surface area contributed by atoms with Crippen LogP contribution in [0.25, 0.3) is 0 Å². The summed E-state index contributed by atoms with van der Waals surface area (Å²) in [6.07, 6.45) is 2.22. The highest BCUT2D eigenvalue weighted by atomic mass is 19.1. The predicted molar refractivity (Wildman–Crippen MR) is 197 cm³/mol. The molecule has 2 fully saturated rings. The van der Waals surface area contributed by atoms with Crippen molar-refractivity contribution in [2.24, 2.45) is 0 Å². The fourth-order valence-corrected chi connectivity index (χ4v) is 8.24. The molecule has 5 heterocycles. The second-order valence-electron chi connectivity index (χ2n) is 14.8. The van der Waals surface area contributed by atoms with Crippen molar-refractivity contribution in [1.29, 1.82) is 0 Å². The molecule has 8 rings (SSSR count). The first-order chi connectivity index (χ1) is 26.4. The number of aliphatic hydroxyl groups is 1. The number of H-pyrrole nitrogens is 2. The molecule has 12 nitrogen and oxygen atoms in total. The van der Waals surface area contributed by atoms with Crippen LogP contribution in [-0.4, -0.2) is 49.8 Å². The monoisotopic (exact) mass is 768 g/mol. The minimum atomic E-state index is -1.55. The van der Waals surface area contributed by atoms with Crippen molar-refractivity contribution in [2.75, 3.05) is 23.8 Å². The topological polar surface area (TPSA) is 163 Å². The van der Waals surface area contributed by atoms with Gasteiger partial charge in [0.1, 0.15) is 35.6 Å². The molecule has 1 saturated heterocycles. The van der Waals surface area contributed by atoms with Crippen LogP contribution in [0, 0.1) is 18.6 Å². The molecule has 294 valence electrons. The smallest absolute Gasteiger partial charge is 0.330 e. The second kappa shape index (κ2) is 16.0. The summed E-state index contributed by atoms with van der Waals surface area (Å²) >= 11 is 0. The maximum atomic E-state index is 15.0. The lowest BCUT2D eigenvalue weighted by Crippen LogP contribution is -2.45. The number of benzene rings is 2. The number of anilines is 2. The number of aromatic amines is 2. The van der Waals surface area contributed by atoms with Gasteiger partial charge in [0.15, 0.2) is 0 Å². The number of aromatic nitrogens is 4. The highest BCUT2D eigenvalue weighted by molar-refractivity contribution is 5.51. The standard InChI is InChI=1S/C20H23F2N3O3.C19H21F2N3O3/c21-15-7-6-11(10-26)8-13(15)17-16(22)9-14-18(23-17)24-20(28)25(19(14)27)12-4-2-1-3-5-12;1-10-2-3-14(20)12(8-10)16-15(21)9-13-17(22-16)23-19(26)24(18(13)25)11-4-6-27-7-5-11/h6-8,12,16-17,23,26H,1-5,9-10H2,(H,24,28);2-3,8,11,15-16,22H,4-7,9H2,1H3,(H,23,26)/t16-,17-;15-,16-/m00/s1. The van der Waals surface area contributed by atoms with Gasteiger partial charge in [-0.2, -0.15) is 0 Å². The molecular weight excluding hydrogens is 724 g/mol. The number of hydrogen-bond donors (Lipinski definition) is 5. The van der Waals surface area contributed by atoms with Crippen LogP contribution >= 0.6 is 0 Å². The summed E-state index contributed by atoms with van der Waals surface area (Å²) in [7, 11) is 0. The van der Waals surface area contributed by atoms with Crippen LogP contribution in [0.15, 0.2) is 55.6 Å². The predicted octanol–water partition coefficient (Wildman–Crippen LogP) is 5.10. The van der Waals surface area contributed by atoms with E-state index in [0.29, 0.717) is 31.6 Å².